The van der Waals surface area contributed by atoms with E-state index in [1.807, 2.05) is 12.4 Å². The lowest BCUT2D eigenvalue weighted by Crippen LogP contribution is -2.29. The van der Waals surface area contributed by atoms with Crippen LogP contribution in [0.15, 0.2) is 24.5 Å². The minimum atomic E-state index is -0.172. The highest BCUT2D eigenvalue weighted by Gasteiger charge is 2.22. The Hall–Kier alpha value is -2.25. The van der Waals surface area contributed by atoms with Gasteiger partial charge in [-0.3, -0.25) is 4.98 Å². The summed E-state index contributed by atoms with van der Waals surface area (Å²) in [4.78, 5) is 16.7. The average Bonchev–Trinajstić information content (AvgIpc) is 3.21. The third-order valence-corrected chi connectivity index (χ3v) is 7.04. The molecule has 33 heavy (non-hydrogen) atoms. The maximum absolute atomic E-state index is 9.89. The first kappa shape index (κ1) is 23.9. The van der Waals surface area contributed by atoms with E-state index >= 15 is 0 Å². The molecule has 4 rings (SSSR count). The molecular weight excluding hydrogens is 412 g/mol. The van der Waals surface area contributed by atoms with Crippen molar-refractivity contribution in [2.24, 2.45) is 5.92 Å². The van der Waals surface area contributed by atoms with Crippen LogP contribution in [0.25, 0.3) is 11.3 Å². The molecule has 2 aliphatic rings. The van der Waals surface area contributed by atoms with Crippen molar-refractivity contribution in [3.63, 3.8) is 0 Å². The molecule has 1 saturated heterocycles. The monoisotopic (exact) mass is 452 g/mol. The number of likely N-dealkylation sites (tertiary alicyclic amines) is 1. The topological polar surface area (TPSA) is 86.2 Å². The largest absolute Gasteiger partial charge is 0.393 e. The summed E-state index contributed by atoms with van der Waals surface area (Å²) < 4.78 is 0. The number of anilines is 2. The molecule has 0 radical (unpaired) electrons. The molecule has 1 saturated carbocycles. The van der Waals surface area contributed by atoms with E-state index in [2.05, 4.69) is 53.5 Å². The Morgan fingerprint density at radius 1 is 1.12 bits per heavy atom. The lowest BCUT2D eigenvalue weighted by Gasteiger charge is -2.27. The van der Waals surface area contributed by atoms with Gasteiger partial charge in [-0.05, 0) is 83.0 Å². The summed E-state index contributed by atoms with van der Waals surface area (Å²) in [5.74, 6) is 2.20. The highest BCUT2D eigenvalue weighted by atomic mass is 16.3. The van der Waals surface area contributed by atoms with E-state index in [0.29, 0.717) is 18.0 Å². The van der Waals surface area contributed by atoms with Gasteiger partial charge in [0.15, 0.2) is 0 Å². The molecule has 3 heterocycles. The Morgan fingerprint density at radius 3 is 2.61 bits per heavy atom. The number of aliphatic hydroxyl groups is 1. The van der Waals surface area contributed by atoms with Gasteiger partial charge in [0, 0.05) is 31.0 Å². The molecule has 0 spiro atoms. The van der Waals surface area contributed by atoms with Crippen LogP contribution in [0.1, 0.15) is 64.4 Å². The van der Waals surface area contributed by atoms with E-state index < -0.39 is 0 Å². The molecule has 3 N–H and O–H groups in total. The van der Waals surface area contributed by atoms with Crippen molar-refractivity contribution in [1.29, 1.82) is 0 Å². The van der Waals surface area contributed by atoms with Crippen LogP contribution >= 0.6 is 0 Å². The second kappa shape index (κ2) is 11.3. The molecule has 0 aromatic carbocycles. The van der Waals surface area contributed by atoms with Crippen molar-refractivity contribution in [2.45, 2.75) is 83.4 Å². The summed E-state index contributed by atoms with van der Waals surface area (Å²) in [6, 6.07) is 4.94. The van der Waals surface area contributed by atoms with Gasteiger partial charge in [0.25, 0.3) is 0 Å². The molecule has 7 heteroatoms. The number of hydrogen-bond acceptors (Lipinski definition) is 7. The first-order valence-corrected chi connectivity index (χ1v) is 12.7. The third kappa shape index (κ3) is 6.64. The Balaban J connectivity index is 1.52. The quantitative estimate of drug-likeness (QED) is 0.521. The molecule has 1 aliphatic heterocycles. The van der Waals surface area contributed by atoms with Crippen molar-refractivity contribution in [2.75, 3.05) is 30.8 Å². The predicted molar refractivity (Wildman–Crippen MR) is 134 cm³/mol. The van der Waals surface area contributed by atoms with Gasteiger partial charge in [-0.1, -0.05) is 19.4 Å². The zero-order valence-electron chi connectivity index (χ0n) is 20.4. The molecule has 2 aromatic heterocycles. The molecule has 1 aliphatic carbocycles. The van der Waals surface area contributed by atoms with Crippen LogP contribution < -0.4 is 10.6 Å². The van der Waals surface area contributed by atoms with Gasteiger partial charge in [-0.15, -0.1) is 0 Å². The summed E-state index contributed by atoms with van der Waals surface area (Å²) >= 11 is 0. The standard InChI is InChI=1S/C26H40N6O/c1-4-5-18(2)29-26-28-16-23(25(31-26)30-21-7-9-22(33)10-8-21)24-11-6-19(15-27-24)14-20-12-13-32(3)17-20/h6,11,15-16,18,20-22,33H,4-5,7-10,12-14,17H2,1-3H3,(H2,28,29,30,31)/t18-,20-,21-,22-/m0/s1. The smallest absolute Gasteiger partial charge is 0.224 e. The SMILES string of the molecule is CCC[C@H](C)Nc1ncc(-c2ccc(C[C@@H]3CCN(C)C3)cn2)c(N[C@H]2CC[C@H](O)CC2)n1. The molecule has 2 atom stereocenters. The van der Waals surface area contributed by atoms with Crippen LogP contribution in [-0.2, 0) is 6.42 Å². The maximum Gasteiger partial charge on any atom is 0.224 e. The van der Waals surface area contributed by atoms with Gasteiger partial charge in [0.2, 0.25) is 5.95 Å². The van der Waals surface area contributed by atoms with E-state index in [4.69, 9.17) is 9.97 Å². The molecule has 7 nitrogen and oxygen atoms in total. The predicted octanol–water partition coefficient (Wildman–Crippen LogP) is 4.35. The number of pyridine rings is 1. The fourth-order valence-corrected chi connectivity index (χ4v) is 5.12. The summed E-state index contributed by atoms with van der Waals surface area (Å²) in [5, 5.41) is 17.0. The van der Waals surface area contributed by atoms with Crippen LogP contribution in [0.3, 0.4) is 0 Å². The van der Waals surface area contributed by atoms with Gasteiger partial charge in [0.1, 0.15) is 5.82 Å². The number of nitrogens with zero attached hydrogens (tertiary/aromatic N) is 4. The van der Waals surface area contributed by atoms with Crippen molar-refractivity contribution < 1.29 is 5.11 Å². The number of rotatable bonds is 9. The zero-order valence-corrected chi connectivity index (χ0v) is 20.4. The van der Waals surface area contributed by atoms with E-state index in [1.54, 1.807) is 0 Å². The van der Waals surface area contributed by atoms with E-state index in [9.17, 15) is 5.11 Å². The lowest BCUT2D eigenvalue weighted by molar-refractivity contribution is 0.126. The molecule has 0 bridgehead atoms. The van der Waals surface area contributed by atoms with Crippen LogP contribution in [0.5, 0.6) is 0 Å². The minimum Gasteiger partial charge on any atom is -0.393 e. The Kier molecular flexibility index (Phi) is 8.15. The summed E-state index contributed by atoms with van der Waals surface area (Å²) in [6.07, 6.45) is 11.8. The third-order valence-electron chi connectivity index (χ3n) is 7.04. The van der Waals surface area contributed by atoms with Crippen LogP contribution in [-0.4, -0.2) is 63.3 Å². The second-order valence-corrected chi connectivity index (χ2v) is 10.1. The Labute approximate surface area is 198 Å². The maximum atomic E-state index is 9.89. The number of nitrogens with one attached hydrogen (secondary N) is 2. The summed E-state index contributed by atoms with van der Waals surface area (Å²) in [6.45, 7) is 6.72. The van der Waals surface area contributed by atoms with Crippen LogP contribution in [0, 0.1) is 5.92 Å². The van der Waals surface area contributed by atoms with Crippen molar-refractivity contribution in [1.82, 2.24) is 19.9 Å². The highest BCUT2D eigenvalue weighted by molar-refractivity contribution is 5.73. The van der Waals surface area contributed by atoms with Gasteiger partial charge in [-0.25, -0.2) is 4.98 Å². The van der Waals surface area contributed by atoms with Crippen molar-refractivity contribution in [3.05, 3.63) is 30.1 Å². The molecule has 180 valence electrons. The Bertz CT molecular complexity index is 881. The average molecular weight is 453 g/mol. The van der Waals surface area contributed by atoms with Gasteiger partial charge < -0.3 is 20.6 Å². The summed E-state index contributed by atoms with van der Waals surface area (Å²) in [5.41, 5.74) is 3.12. The number of hydrogen-bond donors (Lipinski definition) is 3. The molecule has 2 fully saturated rings. The lowest BCUT2D eigenvalue weighted by atomic mass is 9.93. The Morgan fingerprint density at radius 2 is 1.94 bits per heavy atom. The van der Waals surface area contributed by atoms with E-state index in [1.165, 1.54) is 25.1 Å². The van der Waals surface area contributed by atoms with Crippen molar-refractivity contribution >= 4 is 11.8 Å². The minimum absolute atomic E-state index is 0.172. The van der Waals surface area contributed by atoms with Crippen molar-refractivity contribution in [3.8, 4) is 11.3 Å². The fourth-order valence-electron chi connectivity index (χ4n) is 5.12. The first-order valence-electron chi connectivity index (χ1n) is 12.7. The number of aromatic nitrogens is 3. The fraction of sp³-hybridized carbons (Fsp3) is 0.654. The molecule has 0 unspecified atom stereocenters. The van der Waals surface area contributed by atoms with Gasteiger partial charge >= 0.3 is 0 Å². The molecule has 0 amide bonds. The zero-order chi connectivity index (χ0) is 23.2. The van der Waals surface area contributed by atoms with Gasteiger partial charge in [-0.2, -0.15) is 4.98 Å². The highest BCUT2D eigenvalue weighted by Crippen LogP contribution is 2.29. The van der Waals surface area contributed by atoms with Crippen LogP contribution in [0.4, 0.5) is 11.8 Å². The number of aliphatic hydroxyl groups excluding tert-OH is 1. The first-order chi connectivity index (χ1) is 16.0. The normalized spacial score (nSPS) is 24.5. The molecule has 2 aromatic rings. The molecular formula is C26H40N6O. The van der Waals surface area contributed by atoms with E-state index in [0.717, 1.165) is 67.9 Å². The second-order valence-electron chi connectivity index (χ2n) is 10.1. The summed E-state index contributed by atoms with van der Waals surface area (Å²) in [7, 11) is 2.20. The van der Waals surface area contributed by atoms with Crippen LogP contribution in [0.2, 0.25) is 0 Å². The van der Waals surface area contributed by atoms with E-state index in [-0.39, 0.29) is 6.10 Å². The van der Waals surface area contributed by atoms with Gasteiger partial charge in [0.05, 0.1) is 17.4 Å².